The first-order valence-electron chi connectivity index (χ1n) is 8.82. The normalized spacial score (nSPS) is 16.5. The fraction of sp³-hybridized carbons (Fsp3) is 0.400. The zero-order chi connectivity index (χ0) is 18.5. The molecule has 140 valence electrons. The number of β-amino-alcohol motifs (C(OH)–C–C–N with tert-alkyl or cyclic N) is 1. The van der Waals surface area contributed by atoms with Crippen LogP contribution in [0.1, 0.15) is 5.56 Å². The zero-order valence-electron chi connectivity index (χ0n) is 14.9. The third-order valence-electron chi connectivity index (χ3n) is 4.60. The van der Waals surface area contributed by atoms with Gasteiger partial charge in [0.25, 0.3) is 0 Å². The van der Waals surface area contributed by atoms with Crippen molar-refractivity contribution in [3.05, 3.63) is 58.9 Å². The summed E-state index contributed by atoms with van der Waals surface area (Å²) < 4.78 is 19.6. The average molecular weight is 379 g/mol. The summed E-state index contributed by atoms with van der Waals surface area (Å²) in [5, 5.41) is 10.9. The summed E-state index contributed by atoms with van der Waals surface area (Å²) in [5.41, 5.74) is 1.59. The fourth-order valence-corrected chi connectivity index (χ4v) is 3.42. The first-order chi connectivity index (χ1) is 12.5. The Bertz CT molecular complexity index is 736. The van der Waals surface area contributed by atoms with Crippen LogP contribution in [-0.4, -0.2) is 55.4 Å². The van der Waals surface area contributed by atoms with Crippen LogP contribution in [-0.2, 0) is 0 Å². The molecule has 6 heteroatoms. The zero-order valence-corrected chi connectivity index (χ0v) is 15.6. The maximum Gasteiger partial charge on any atom is 0.146 e. The number of rotatable bonds is 6. The van der Waals surface area contributed by atoms with Gasteiger partial charge in [-0.3, -0.25) is 4.90 Å². The van der Waals surface area contributed by atoms with Gasteiger partial charge in [-0.05, 0) is 42.8 Å². The van der Waals surface area contributed by atoms with Crippen molar-refractivity contribution in [2.24, 2.45) is 0 Å². The predicted molar refractivity (Wildman–Crippen MR) is 103 cm³/mol. The van der Waals surface area contributed by atoms with Crippen LogP contribution >= 0.6 is 11.6 Å². The van der Waals surface area contributed by atoms with E-state index in [-0.39, 0.29) is 12.4 Å². The van der Waals surface area contributed by atoms with Gasteiger partial charge in [-0.1, -0.05) is 23.7 Å². The fourth-order valence-electron chi connectivity index (χ4n) is 3.19. The number of ether oxygens (including phenoxy) is 1. The van der Waals surface area contributed by atoms with Crippen molar-refractivity contribution in [3.63, 3.8) is 0 Å². The molecule has 0 bridgehead atoms. The van der Waals surface area contributed by atoms with Gasteiger partial charge in [-0.15, -0.1) is 0 Å². The Kier molecular flexibility index (Phi) is 6.35. The molecular weight excluding hydrogens is 355 g/mol. The number of aliphatic hydroxyl groups is 1. The van der Waals surface area contributed by atoms with Gasteiger partial charge >= 0.3 is 0 Å². The number of halogens is 2. The molecule has 1 N–H and O–H groups in total. The van der Waals surface area contributed by atoms with Crippen LogP contribution in [0.3, 0.4) is 0 Å². The summed E-state index contributed by atoms with van der Waals surface area (Å²) in [5.74, 6) is 0.547. The number of piperazine rings is 1. The highest BCUT2D eigenvalue weighted by molar-refractivity contribution is 6.30. The van der Waals surface area contributed by atoms with Crippen LogP contribution in [0.2, 0.25) is 5.02 Å². The molecule has 1 atom stereocenters. The van der Waals surface area contributed by atoms with Gasteiger partial charge in [-0.2, -0.15) is 0 Å². The van der Waals surface area contributed by atoms with Crippen molar-refractivity contribution in [1.82, 2.24) is 4.90 Å². The number of benzene rings is 2. The monoisotopic (exact) mass is 378 g/mol. The molecule has 0 saturated carbocycles. The van der Waals surface area contributed by atoms with E-state index in [1.54, 1.807) is 12.1 Å². The molecule has 0 amide bonds. The topological polar surface area (TPSA) is 35.9 Å². The highest BCUT2D eigenvalue weighted by Crippen LogP contribution is 2.22. The SMILES string of the molecule is Cc1cc(Cl)ccc1OCC(O)CN1CCN(c2ccccc2F)CC1. The number of hydrogen-bond acceptors (Lipinski definition) is 4. The Morgan fingerprint density at radius 1 is 1.15 bits per heavy atom. The number of hydrogen-bond donors (Lipinski definition) is 1. The van der Waals surface area contributed by atoms with Crippen LogP contribution in [0.5, 0.6) is 5.75 Å². The molecule has 0 aliphatic carbocycles. The average Bonchev–Trinajstić information content (AvgIpc) is 2.62. The molecule has 0 radical (unpaired) electrons. The lowest BCUT2D eigenvalue weighted by Gasteiger charge is -2.37. The van der Waals surface area contributed by atoms with Crippen molar-refractivity contribution >= 4 is 17.3 Å². The third-order valence-corrected chi connectivity index (χ3v) is 4.84. The van der Waals surface area contributed by atoms with E-state index in [0.29, 0.717) is 17.3 Å². The lowest BCUT2D eigenvalue weighted by molar-refractivity contribution is 0.0660. The molecule has 1 unspecified atom stereocenters. The smallest absolute Gasteiger partial charge is 0.146 e. The Hall–Kier alpha value is -1.82. The molecule has 0 spiro atoms. The van der Waals surface area contributed by atoms with Crippen molar-refractivity contribution in [3.8, 4) is 5.75 Å². The molecule has 3 rings (SSSR count). The molecular formula is C20H24ClFN2O2. The molecule has 26 heavy (non-hydrogen) atoms. The predicted octanol–water partition coefficient (Wildman–Crippen LogP) is 3.35. The molecule has 4 nitrogen and oxygen atoms in total. The minimum Gasteiger partial charge on any atom is -0.491 e. The van der Waals surface area contributed by atoms with E-state index in [1.807, 2.05) is 36.1 Å². The Morgan fingerprint density at radius 2 is 1.88 bits per heavy atom. The Labute approximate surface area is 158 Å². The molecule has 1 aliphatic rings. The molecule has 1 aliphatic heterocycles. The summed E-state index contributed by atoms with van der Waals surface area (Å²) >= 11 is 5.94. The number of aryl methyl sites for hydroxylation is 1. The van der Waals surface area contributed by atoms with Gasteiger partial charge in [0.15, 0.2) is 0 Å². The number of aliphatic hydroxyl groups excluding tert-OH is 1. The summed E-state index contributed by atoms with van der Waals surface area (Å²) in [4.78, 5) is 4.23. The van der Waals surface area contributed by atoms with E-state index in [0.717, 1.165) is 37.5 Å². The van der Waals surface area contributed by atoms with E-state index >= 15 is 0 Å². The van der Waals surface area contributed by atoms with Gasteiger partial charge in [0.1, 0.15) is 24.3 Å². The first-order valence-corrected chi connectivity index (χ1v) is 9.19. The lowest BCUT2D eigenvalue weighted by Crippen LogP contribution is -2.49. The summed E-state index contributed by atoms with van der Waals surface area (Å²) in [6.45, 7) is 5.75. The lowest BCUT2D eigenvalue weighted by atomic mass is 10.2. The quantitative estimate of drug-likeness (QED) is 0.836. The number of nitrogens with zero attached hydrogens (tertiary/aromatic N) is 2. The summed E-state index contributed by atoms with van der Waals surface area (Å²) in [6.07, 6.45) is -0.579. The Morgan fingerprint density at radius 3 is 2.58 bits per heavy atom. The molecule has 1 saturated heterocycles. The molecule has 1 heterocycles. The van der Waals surface area contributed by atoms with Crippen molar-refractivity contribution in [2.45, 2.75) is 13.0 Å². The van der Waals surface area contributed by atoms with Crippen LogP contribution in [0.15, 0.2) is 42.5 Å². The van der Waals surface area contributed by atoms with Crippen molar-refractivity contribution in [1.29, 1.82) is 0 Å². The number of para-hydroxylation sites is 1. The van der Waals surface area contributed by atoms with Gasteiger partial charge < -0.3 is 14.7 Å². The van der Waals surface area contributed by atoms with E-state index in [2.05, 4.69) is 4.90 Å². The first kappa shape index (κ1) is 19.0. The molecule has 0 aromatic heterocycles. The second kappa shape index (κ2) is 8.71. The maximum absolute atomic E-state index is 13.9. The molecule has 2 aromatic rings. The second-order valence-electron chi connectivity index (χ2n) is 6.61. The minimum absolute atomic E-state index is 0.187. The van der Waals surface area contributed by atoms with Crippen LogP contribution in [0.25, 0.3) is 0 Å². The standard InChI is InChI=1S/C20H24ClFN2O2/c1-15-12-16(21)6-7-20(15)26-14-17(25)13-23-8-10-24(11-9-23)19-5-3-2-4-18(19)22/h2-7,12,17,25H,8-11,13-14H2,1H3. The van der Waals surface area contributed by atoms with Crippen LogP contribution < -0.4 is 9.64 Å². The van der Waals surface area contributed by atoms with Crippen molar-refractivity contribution in [2.75, 3.05) is 44.2 Å². The van der Waals surface area contributed by atoms with Crippen LogP contribution in [0, 0.1) is 12.7 Å². The number of anilines is 1. The summed E-state index contributed by atoms with van der Waals surface area (Å²) in [6, 6.07) is 12.3. The van der Waals surface area contributed by atoms with E-state index in [9.17, 15) is 9.50 Å². The summed E-state index contributed by atoms with van der Waals surface area (Å²) in [7, 11) is 0. The molecule has 2 aromatic carbocycles. The Balaban J connectivity index is 1.44. The highest BCUT2D eigenvalue weighted by atomic mass is 35.5. The van der Waals surface area contributed by atoms with Gasteiger partial charge in [0.05, 0.1) is 5.69 Å². The van der Waals surface area contributed by atoms with E-state index < -0.39 is 6.10 Å². The van der Waals surface area contributed by atoms with E-state index in [4.69, 9.17) is 16.3 Å². The van der Waals surface area contributed by atoms with Gasteiger partial charge in [0, 0.05) is 37.7 Å². The molecule has 1 fully saturated rings. The van der Waals surface area contributed by atoms with Crippen molar-refractivity contribution < 1.29 is 14.2 Å². The largest absolute Gasteiger partial charge is 0.491 e. The highest BCUT2D eigenvalue weighted by Gasteiger charge is 2.21. The second-order valence-corrected chi connectivity index (χ2v) is 7.05. The van der Waals surface area contributed by atoms with E-state index in [1.165, 1.54) is 6.07 Å². The van der Waals surface area contributed by atoms with Crippen LogP contribution in [0.4, 0.5) is 10.1 Å². The minimum atomic E-state index is -0.579. The van der Waals surface area contributed by atoms with Gasteiger partial charge in [0.2, 0.25) is 0 Å². The third kappa shape index (κ3) is 4.87. The van der Waals surface area contributed by atoms with Gasteiger partial charge in [-0.25, -0.2) is 4.39 Å². The maximum atomic E-state index is 13.9.